The molecular formula is C25H22ClFN4OS. The van der Waals surface area contributed by atoms with Gasteiger partial charge in [-0.2, -0.15) is 0 Å². The first-order valence-corrected chi connectivity index (χ1v) is 11.4. The average Bonchev–Trinajstić information content (AvgIpc) is 3.47. The number of thiophene rings is 1. The molecule has 1 aromatic carbocycles. The summed E-state index contributed by atoms with van der Waals surface area (Å²) in [5.41, 5.74) is 2.13. The molecule has 0 fully saturated rings. The second-order valence-electron chi connectivity index (χ2n) is 7.65. The summed E-state index contributed by atoms with van der Waals surface area (Å²) in [6.07, 6.45) is 5.55. The minimum absolute atomic E-state index is 0.140. The van der Waals surface area contributed by atoms with Crippen LogP contribution in [0.4, 0.5) is 4.39 Å². The number of benzene rings is 1. The van der Waals surface area contributed by atoms with Gasteiger partial charge in [0.05, 0.1) is 6.33 Å². The van der Waals surface area contributed by atoms with Crippen LogP contribution < -0.4 is 5.56 Å². The van der Waals surface area contributed by atoms with Gasteiger partial charge in [-0.15, -0.1) is 11.3 Å². The van der Waals surface area contributed by atoms with Crippen LogP contribution in [0, 0.1) is 6.92 Å². The predicted molar refractivity (Wildman–Crippen MR) is 133 cm³/mol. The summed E-state index contributed by atoms with van der Waals surface area (Å²) in [5, 5.41) is 1.32. The van der Waals surface area contributed by atoms with Crippen molar-refractivity contribution in [1.82, 2.24) is 19.1 Å². The standard InChI is InChI=1S/C21H16ClFN2OS.C4H6N2/c1-12-3-8-18(27-12)16-10-19(26)25(2)21-17(16)9-14(11-24-21)20(23)13-4-6-15(22)7-5-13;1-6-3-2-5-4-6/h3-11,20H,1-2H3;2-4H,1H3. The Bertz CT molecular complexity index is 1440. The van der Waals surface area contributed by atoms with E-state index in [0.717, 1.165) is 20.7 Å². The molecule has 0 saturated carbocycles. The molecule has 0 aliphatic rings. The molecule has 1 unspecified atom stereocenters. The molecule has 0 aliphatic carbocycles. The number of hydrogen-bond acceptors (Lipinski definition) is 4. The first-order chi connectivity index (χ1) is 15.8. The molecule has 5 aromatic rings. The van der Waals surface area contributed by atoms with E-state index in [1.54, 1.807) is 67.3 Å². The van der Waals surface area contributed by atoms with Gasteiger partial charge in [0.2, 0.25) is 0 Å². The summed E-state index contributed by atoms with van der Waals surface area (Å²) in [4.78, 5) is 22.6. The Labute approximate surface area is 199 Å². The van der Waals surface area contributed by atoms with Crippen LogP contribution in [0.1, 0.15) is 22.2 Å². The molecule has 33 heavy (non-hydrogen) atoms. The summed E-state index contributed by atoms with van der Waals surface area (Å²) in [5.74, 6) is 0. The van der Waals surface area contributed by atoms with Crippen molar-refractivity contribution < 1.29 is 4.39 Å². The number of imidazole rings is 1. The van der Waals surface area contributed by atoms with Crippen molar-refractivity contribution in [2.45, 2.75) is 13.1 Å². The zero-order valence-electron chi connectivity index (χ0n) is 18.4. The molecule has 5 nitrogen and oxygen atoms in total. The van der Waals surface area contributed by atoms with Crippen LogP contribution in [0.25, 0.3) is 21.5 Å². The van der Waals surface area contributed by atoms with E-state index in [9.17, 15) is 4.79 Å². The topological polar surface area (TPSA) is 52.7 Å². The third kappa shape index (κ3) is 5.05. The van der Waals surface area contributed by atoms with E-state index in [0.29, 0.717) is 21.8 Å². The first kappa shape index (κ1) is 22.9. The van der Waals surface area contributed by atoms with E-state index in [-0.39, 0.29) is 5.56 Å². The third-order valence-electron chi connectivity index (χ3n) is 5.19. The fourth-order valence-electron chi connectivity index (χ4n) is 3.41. The second kappa shape index (κ2) is 9.68. The minimum atomic E-state index is -1.32. The monoisotopic (exact) mass is 480 g/mol. The lowest BCUT2D eigenvalue weighted by Crippen LogP contribution is -2.17. The molecule has 4 heterocycles. The molecule has 0 amide bonds. The number of aromatic nitrogens is 4. The first-order valence-electron chi connectivity index (χ1n) is 10.2. The molecule has 0 bridgehead atoms. The van der Waals surface area contributed by atoms with Crippen LogP contribution in [0.5, 0.6) is 0 Å². The summed E-state index contributed by atoms with van der Waals surface area (Å²) < 4.78 is 18.5. The van der Waals surface area contributed by atoms with Crippen LogP contribution in [0.2, 0.25) is 5.02 Å². The van der Waals surface area contributed by atoms with Crippen molar-refractivity contribution in [3.63, 3.8) is 0 Å². The maximum Gasteiger partial charge on any atom is 0.252 e. The Kier molecular flexibility index (Phi) is 6.72. The van der Waals surface area contributed by atoms with E-state index in [4.69, 9.17) is 11.6 Å². The quantitative estimate of drug-likeness (QED) is 0.313. The predicted octanol–water partition coefficient (Wildman–Crippen LogP) is 6.10. The van der Waals surface area contributed by atoms with E-state index < -0.39 is 6.17 Å². The normalized spacial score (nSPS) is 11.8. The van der Waals surface area contributed by atoms with Gasteiger partial charge >= 0.3 is 0 Å². The van der Waals surface area contributed by atoms with Crippen LogP contribution in [0.15, 0.2) is 78.2 Å². The smallest absolute Gasteiger partial charge is 0.252 e. The minimum Gasteiger partial charge on any atom is -0.341 e. The van der Waals surface area contributed by atoms with E-state index in [1.807, 2.05) is 36.9 Å². The summed E-state index contributed by atoms with van der Waals surface area (Å²) in [6, 6.07) is 14.0. The maximum absolute atomic E-state index is 15.1. The Balaban J connectivity index is 0.000000376. The number of rotatable bonds is 3. The van der Waals surface area contributed by atoms with Gasteiger partial charge in [0.25, 0.3) is 5.56 Å². The number of hydrogen-bond donors (Lipinski definition) is 0. The number of halogens is 2. The van der Waals surface area contributed by atoms with Crippen LogP contribution in [-0.4, -0.2) is 19.1 Å². The molecule has 1 atom stereocenters. The van der Waals surface area contributed by atoms with Crippen molar-refractivity contribution in [3.05, 3.63) is 105 Å². The highest BCUT2D eigenvalue weighted by molar-refractivity contribution is 7.15. The SMILES string of the molecule is Cc1ccc(-c2cc(=O)n(C)c3ncc(C(F)c4ccc(Cl)cc4)cc23)s1.Cn1ccnc1. The van der Waals surface area contributed by atoms with Crippen LogP contribution in [0.3, 0.4) is 0 Å². The van der Waals surface area contributed by atoms with E-state index in [2.05, 4.69) is 9.97 Å². The largest absolute Gasteiger partial charge is 0.341 e. The van der Waals surface area contributed by atoms with Gasteiger partial charge in [0.15, 0.2) is 6.17 Å². The maximum atomic E-state index is 15.1. The lowest BCUT2D eigenvalue weighted by atomic mass is 10.0. The van der Waals surface area contributed by atoms with Crippen LogP contribution >= 0.6 is 22.9 Å². The highest BCUT2D eigenvalue weighted by Gasteiger charge is 2.17. The van der Waals surface area contributed by atoms with E-state index in [1.165, 1.54) is 10.8 Å². The molecule has 0 spiro atoms. The average molecular weight is 481 g/mol. The number of pyridine rings is 2. The van der Waals surface area contributed by atoms with Crippen molar-refractivity contribution >= 4 is 34.0 Å². The van der Waals surface area contributed by atoms with Crippen molar-refractivity contribution in [2.24, 2.45) is 14.1 Å². The lowest BCUT2D eigenvalue weighted by Gasteiger charge is -2.13. The summed E-state index contributed by atoms with van der Waals surface area (Å²) in [7, 11) is 3.61. The number of aryl methyl sites for hydroxylation is 3. The lowest BCUT2D eigenvalue weighted by molar-refractivity contribution is 0.401. The summed E-state index contributed by atoms with van der Waals surface area (Å²) >= 11 is 7.50. The fourth-order valence-corrected chi connectivity index (χ4v) is 4.44. The molecule has 0 N–H and O–H groups in total. The Morgan fingerprint density at radius 1 is 1.06 bits per heavy atom. The van der Waals surface area contributed by atoms with Gasteiger partial charge < -0.3 is 4.57 Å². The molecule has 168 valence electrons. The zero-order chi connectivity index (χ0) is 23.5. The zero-order valence-corrected chi connectivity index (χ0v) is 19.9. The number of alkyl halides is 1. The van der Waals surface area contributed by atoms with Crippen molar-refractivity contribution in [3.8, 4) is 10.4 Å². The highest BCUT2D eigenvalue weighted by atomic mass is 35.5. The van der Waals surface area contributed by atoms with Gasteiger partial charge in [-0.05, 0) is 42.8 Å². The van der Waals surface area contributed by atoms with Gasteiger partial charge in [-0.1, -0.05) is 23.7 Å². The highest BCUT2D eigenvalue weighted by Crippen LogP contribution is 2.34. The molecule has 0 aliphatic heterocycles. The molecule has 4 aromatic heterocycles. The van der Waals surface area contributed by atoms with Gasteiger partial charge in [0.1, 0.15) is 5.65 Å². The Morgan fingerprint density at radius 3 is 2.39 bits per heavy atom. The molecule has 5 rings (SSSR count). The summed E-state index contributed by atoms with van der Waals surface area (Å²) in [6.45, 7) is 2.01. The van der Waals surface area contributed by atoms with E-state index >= 15 is 4.39 Å². The van der Waals surface area contributed by atoms with Gasteiger partial charge in [0, 0.05) is 70.0 Å². The number of nitrogens with zero attached hydrogens (tertiary/aromatic N) is 4. The Hall–Kier alpha value is -3.29. The number of fused-ring (bicyclic) bond motifs is 1. The molecule has 0 radical (unpaired) electrons. The van der Waals surface area contributed by atoms with Crippen LogP contribution in [-0.2, 0) is 14.1 Å². The second-order valence-corrected chi connectivity index (χ2v) is 9.37. The fraction of sp³-hybridized carbons (Fsp3) is 0.160. The van der Waals surface area contributed by atoms with Crippen molar-refractivity contribution in [1.29, 1.82) is 0 Å². The molecular weight excluding hydrogens is 459 g/mol. The third-order valence-corrected chi connectivity index (χ3v) is 6.48. The molecule has 8 heteroatoms. The van der Waals surface area contributed by atoms with Gasteiger partial charge in [-0.25, -0.2) is 14.4 Å². The van der Waals surface area contributed by atoms with Crippen molar-refractivity contribution in [2.75, 3.05) is 0 Å². The Morgan fingerprint density at radius 2 is 1.82 bits per heavy atom. The molecule has 0 saturated heterocycles. The van der Waals surface area contributed by atoms with Gasteiger partial charge in [-0.3, -0.25) is 9.36 Å².